The fourth-order valence-electron chi connectivity index (χ4n) is 3.82. The third-order valence-electron chi connectivity index (χ3n) is 5.84. The Labute approximate surface area is 210 Å². The highest BCUT2D eigenvalue weighted by Gasteiger charge is 2.22. The van der Waals surface area contributed by atoms with Crippen LogP contribution in [-0.2, 0) is 0 Å². The Morgan fingerprint density at radius 2 is 1.69 bits per heavy atom. The second-order valence-electron chi connectivity index (χ2n) is 8.39. The molecular weight excluding hydrogens is 463 g/mol. The van der Waals surface area contributed by atoms with Gasteiger partial charge in [-0.05, 0) is 92.5 Å². The second kappa shape index (κ2) is 12.8. The number of anilines is 4. The van der Waals surface area contributed by atoms with Crippen LogP contribution in [0, 0.1) is 5.82 Å². The fraction of sp³-hybridized carbons (Fsp3) is 0.360. The van der Waals surface area contributed by atoms with E-state index in [4.69, 9.17) is 5.84 Å². The molecular formula is C25H33FN8S. The summed E-state index contributed by atoms with van der Waals surface area (Å²) < 4.78 is 15.6. The monoisotopic (exact) mass is 496 g/mol. The molecule has 1 aliphatic rings. The molecule has 8 nitrogen and oxygen atoms in total. The van der Waals surface area contributed by atoms with Gasteiger partial charge in [-0.25, -0.2) is 18.7 Å². The Kier molecular flexibility index (Phi) is 9.27. The van der Waals surface area contributed by atoms with Gasteiger partial charge in [0.25, 0.3) is 0 Å². The van der Waals surface area contributed by atoms with Crippen LogP contribution < -0.4 is 21.8 Å². The summed E-state index contributed by atoms with van der Waals surface area (Å²) in [6.07, 6.45) is 3.96. The van der Waals surface area contributed by atoms with Crippen molar-refractivity contribution in [3.63, 3.8) is 0 Å². The van der Waals surface area contributed by atoms with Gasteiger partial charge in [-0.15, -0.1) is 0 Å². The van der Waals surface area contributed by atoms with Crippen molar-refractivity contribution in [2.45, 2.75) is 30.7 Å². The van der Waals surface area contributed by atoms with Crippen LogP contribution in [0.25, 0.3) is 0 Å². The number of nitrogens with one attached hydrogen (secondary N) is 3. The lowest BCUT2D eigenvalue weighted by atomic mass is 10.1. The minimum Gasteiger partial charge on any atom is -0.340 e. The molecule has 0 bridgehead atoms. The lowest BCUT2D eigenvalue weighted by Gasteiger charge is -2.34. The average Bonchev–Trinajstić information content (AvgIpc) is 2.89. The van der Waals surface area contributed by atoms with Crippen molar-refractivity contribution in [2.24, 2.45) is 5.84 Å². The van der Waals surface area contributed by atoms with Crippen LogP contribution in [0.5, 0.6) is 0 Å². The minimum atomic E-state index is -0.275. The van der Waals surface area contributed by atoms with Crippen molar-refractivity contribution in [3.05, 3.63) is 66.6 Å². The zero-order chi connectivity index (χ0) is 24.5. The summed E-state index contributed by atoms with van der Waals surface area (Å²) in [4.78, 5) is 10.00. The van der Waals surface area contributed by atoms with Crippen LogP contribution in [0.15, 0.2) is 65.7 Å². The van der Waals surface area contributed by atoms with Gasteiger partial charge in [0, 0.05) is 48.1 Å². The number of aromatic nitrogens is 2. The number of nitrogens with zero attached hydrogens (tertiary/aromatic N) is 4. The van der Waals surface area contributed by atoms with Gasteiger partial charge in [-0.2, -0.15) is 4.98 Å². The molecule has 3 aromatic rings. The number of hydrogen-bond donors (Lipinski definition) is 4. The van der Waals surface area contributed by atoms with Crippen LogP contribution in [0.2, 0.25) is 0 Å². The van der Waals surface area contributed by atoms with E-state index in [1.165, 1.54) is 17.0 Å². The molecule has 0 amide bonds. The van der Waals surface area contributed by atoms with Crippen molar-refractivity contribution in [1.29, 1.82) is 0 Å². The normalized spacial score (nSPS) is 14.4. The molecule has 10 heteroatoms. The number of benzene rings is 2. The molecule has 35 heavy (non-hydrogen) atoms. The zero-order valence-corrected chi connectivity index (χ0v) is 20.8. The molecule has 1 aromatic heterocycles. The topological polar surface area (TPSA) is 94.4 Å². The van der Waals surface area contributed by atoms with Gasteiger partial charge >= 0.3 is 0 Å². The molecule has 1 saturated heterocycles. The van der Waals surface area contributed by atoms with Gasteiger partial charge in [0.2, 0.25) is 5.95 Å². The molecule has 1 aliphatic heterocycles. The molecule has 0 spiro atoms. The number of likely N-dealkylation sites (N-methyl/N-ethyl adjacent to an activating group) is 1. The summed E-state index contributed by atoms with van der Waals surface area (Å²) in [5, 5.41) is 11.7. The number of hydrogen-bond acceptors (Lipinski definition) is 9. The molecule has 5 N–H and O–H groups in total. The van der Waals surface area contributed by atoms with E-state index in [0.717, 1.165) is 56.9 Å². The number of piperidine rings is 1. The Hall–Kier alpha value is -2.76. The highest BCUT2D eigenvalue weighted by atomic mass is 32.2. The Morgan fingerprint density at radius 3 is 2.40 bits per heavy atom. The maximum absolute atomic E-state index is 13.1. The Morgan fingerprint density at radius 1 is 1.00 bits per heavy atom. The molecule has 2 heterocycles. The van der Waals surface area contributed by atoms with E-state index in [-0.39, 0.29) is 5.82 Å². The summed E-state index contributed by atoms with van der Waals surface area (Å²) in [7, 11) is 0. The Bertz CT molecular complexity index is 1040. The number of hydrazine groups is 1. The standard InChI is InChI=1S/C25H33FN8S/c1-2-33(27)17-18-34(22-11-14-28-15-12-22)35-23-9-7-21(8-10-23)31-25-29-16-13-24(32-25)30-20-5-3-19(26)4-6-20/h3-10,13,16,22,28H,2,11-12,14-15,17-18,27H2,1H3,(H2,29,30,31,32). The summed E-state index contributed by atoms with van der Waals surface area (Å²) >= 11 is 1.80. The first kappa shape index (κ1) is 25.3. The van der Waals surface area contributed by atoms with Gasteiger partial charge in [0.05, 0.1) is 0 Å². The zero-order valence-electron chi connectivity index (χ0n) is 20.0. The first-order chi connectivity index (χ1) is 17.1. The predicted molar refractivity (Wildman–Crippen MR) is 141 cm³/mol. The van der Waals surface area contributed by atoms with Gasteiger partial charge in [-0.3, -0.25) is 5.84 Å². The van der Waals surface area contributed by atoms with Crippen LogP contribution in [0.4, 0.5) is 27.5 Å². The van der Waals surface area contributed by atoms with Crippen molar-refractivity contribution < 1.29 is 4.39 Å². The first-order valence-corrected chi connectivity index (χ1v) is 12.7. The van der Waals surface area contributed by atoms with Crippen molar-refractivity contribution in [2.75, 3.05) is 43.4 Å². The maximum Gasteiger partial charge on any atom is 0.229 e. The molecule has 0 aliphatic carbocycles. The van der Waals surface area contributed by atoms with Gasteiger partial charge in [-0.1, -0.05) is 6.92 Å². The van der Waals surface area contributed by atoms with Crippen LogP contribution >= 0.6 is 11.9 Å². The lowest BCUT2D eigenvalue weighted by molar-refractivity contribution is 0.229. The first-order valence-electron chi connectivity index (χ1n) is 12.0. The van der Waals surface area contributed by atoms with E-state index in [9.17, 15) is 4.39 Å². The molecule has 186 valence electrons. The molecule has 4 rings (SSSR count). The third-order valence-corrected chi connectivity index (χ3v) is 7.03. The fourth-order valence-corrected chi connectivity index (χ4v) is 4.88. The molecule has 0 unspecified atom stereocenters. The SMILES string of the molecule is CCN(N)CCN(Sc1ccc(Nc2nccc(Nc3ccc(F)cc3)n2)cc1)C1CCNCC1. The van der Waals surface area contributed by atoms with Gasteiger partial charge in [0.1, 0.15) is 11.6 Å². The summed E-state index contributed by atoms with van der Waals surface area (Å²) in [5.41, 5.74) is 1.66. The lowest BCUT2D eigenvalue weighted by Crippen LogP contribution is -2.44. The average molecular weight is 497 g/mol. The van der Waals surface area contributed by atoms with Crippen molar-refractivity contribution in [1.82, 2.24) is 24.6 Å². The smallest absolute Gasteiger partial charge is 0.229 e. The summed E-state index contributed by atoms with van der Waals surface area (Å²) in [6, 6.07) is 16.8. The largest absolute Gasteiger partial charge is 0.340 e. The Balaban J connectivity index is 1.37. The van der Waals surface area contributed by atoms with Crippen molar-refractivity contribution >= 4 is 35.1 Å². The maximum atomic E-state index is 13.1. The van der Waals surface area contributed by atoms with Crippen LogP contribution in [-0.4, -0.2) is 58.0 Å². The van der Waals surface area contributed by atoms with Crippen LogP contribution in [0.3, 0.4) is 0 Å². The molecule has 0 radical (unpaired) electrons. The number of halogens is 1. The van der Waals surface area contributed by atoms with Gasteiger partial charge in [0.15, 0.2) is 0 Å². The quantitative estimate of drug-likeness (QED) is 0.175. The molecule has 2 aromatic carbocycles. The second-order valence-corrected chi connectivity index (χ2v) is 9.51. The minimum absolute atomic E-state index is 0.275. The van der Waals surface area contributed by atoms with E-state index in [1.807, 2.05) is 17.1 Å². The third kappa shape index (κ3) is 7.87. The van der Waals surface area contributed by atoms with Crippen molar-refractivity contribution in [3.8, 4) is 0 Å². The number of rotatable bonds is 11. The van der Waals surface area contributed by atoms with Gasteiger partial charge < -0.3 is 16.0 Å². The van der Waals surface area contributed by atoms with E-state index >= 15 is 0 Å². The highest BCUT2D eigenvalue weighted by Crippen LogP contribution is 2.29. The molecule has 0 saturated carbocycles. The van der Waals surface area contributed by atoms with E-state index in [0.29, 0.717) is 17.8 Å². The molecule has 1 fully saturated rings. The molecule has 0 atom stereocenters. The highest BCUT2D eigenvalue weighted by molar-refractivity contribution is 7.97. The number of nitrogens with two attached hydrogens (primary N) is 1. The summed E-state index contributed by atoms with van der Waals surface area (Å²) in [5.74, 6) is 6.88. The summed E-state index contributed by atoms with van der Waals surface area (Å²) in [6.45, 7) is 6.79. The van der Waals surface area contributed by atoms with E-state index < -0.39 is 0 Å². The van der Waals surface area contributed by atoms with E-state index in [2.05, 4.69) is 49.3 Å². The van der Waals surface area contributed by atoms with Crippen LogP contribution in [0.1, 0.15) is 19.8 Å². The predicted octanol–water partition coefficient (Wildman–Crippen LogP) is 4.36. The van der Waals surface area contributed by atoms with E-state index in [1.54, 1.807) is 36.3 Å².